The monoisotopic (exact) mass is 423 g/mol. The molecule has 1 aliphatic rings. The minimum atomic E-state index is 0.385. The van der Waals surface area contributed by atoms with Crippen molar-refractivity contribution in [3.05, 3.63) is 45.9 Å². The highest BCUT2D eigenvalue weighted by molar-refractivity contribution is 6.43. The minimum Gasteiger partial charge on any atom is -0.478 e. The second-order valence-corrected chi connectivity index (χ2v) is 7.64. The Balaban J connectivity index is 1.35. The molecule has 4 N–H and O–H groups in total. The number of ether oxygens (including phenoxy) is 1. The zero-order valence-corrected chi connectivity index (χ0v) is 17.4. The predicted octanol–water partition coefficient (Wildman–Crippen LogP) is 3.41. The number of benzene rings is 1. The molecular formula is C20H27Cl2N5O. The normalized spacial score (nSPS) is 15.0. The molecule has 0 unspecified atom stereocenters. The lowest BCUT2D eigenvalue weighted by molar-refractivity contribution is 0.236. The fraction of sp³-hybridized carbons (Fsp3) is 0.450. The van der Waals surface area contributed by atoms with E-state index in [0.717, 1.165) is 56.8 Å². The van der Waals surface area contributed by atoms with Gasteiger partial charge in [-0.3, -0.25) is 4.90 Å². The zero-order chi connectivity index (χ0) is 19.9. The van der Waals surface area contributed by atoms with E-state index in [9.17, 15) is 0 Å². The summed E-state index contributed by atoms with van der Waals surface area (Å²) in [5.41, 5.74) is 13.3. The summed E-state index contributed by atoms with van der Waals surface area (Å²) >= 11 is 12.5. The number of pyridine rings is 1. The van der Waals surface area contributed by atoms with Crippen molar-refractivity contribution in [2.45, 2.75) is 19.4 Å². The number of hydrogen-bond acceptors (Lipinski definition) is 6. The van der Waals surface area contributed by atoms with Gasteiger partial charge in [-0.2, -0.15) is 4.98 Å². The van der Waals surface area contributed by atoms with Gasteiger partial charge in [-0.1, -0.05) is 29.3 Å². The zero-order valence-electron chi connectivity index (χ0n) is 15.9. The second-order valence-electron chi connectivity index (χ2n) is 6.86. The summed E-state index contributed by atoms with van der Waals surface area (Å²) in [6, 6.07) is 9.48. The molecule has 0 amide bonds. The number of anilines is 2. The van der Waals surface area contributed by atoms with Gasteiger partial charge in [0.05, 0.1) is 22.3 Å². The van der Waals surface area contributed by atoms with Crippen LogP contribution in [0.2, 0.25) is 10.0 Å². The molecular weight excluding hydrogens is 397 g/mol. The lowest BCUT2D eigenvalue weighted by Gasteiger charge is -2.36. The van der Waals surface area contributed by atoms with Crippen LogP contribution in [0.3, 0.4) is 0 Å². The SMILES string of the molecule is NCc1ccc(OCCCCN2CCN(c3cccc(Cl)c3Cl)CC2)nc1N. The third-order valence-electron chi connectivity index (χ3n) is 4.97. The Morgan fingerprint density at radius 3 is 2.54 bits per heavy atom. The van der Waals surface area contributed by atoms with Crippen molar-refractivity contribution in [1.29, 1.82) is 0 Å². The quantitative estimate of drug-likeness (QED) is 0.633. The molecule has 1 aromatic carbocycles. The summed E-state index contributed by atoms with van der Waals surface area (Å²) < 4.78 is 5.69. The first-order valence-corrected chi connectivity index (χ1v) is 10.3. The smallest absolute Gasteiger partial charge is 0.215 e. The summed E-state index contributed by atoms with van der Waals surface area (Å²) in [5, 5.41) is 1.25. The summed E-state index contributed by atoms with van der Waals surface area (Å²) in [6.45, 7) is 6.01. The maximum atomic E-state index is 6.34. The van der Waals surface area contributed by atoms with Crippen LogP contribution in [0.15, 0.2) is 30.3 Å². The molecule has 0 saturated carbocycles. The fourth-order valence-electron chi connectivity index (χ4n) is 3.30. The Labute approximate surface area is 176 Å². The molecule has 1 saturated heterocycles. The van der Waals surface area contributed by atoms with Crippen molar-refractivity contribution in [3.8, 4) is 5.88 Å². The number of piperazine rings is 1. The molecule has 2 heterocycles. The molecule has 0 radical (unpaired) electrons. The summed E-state index contributed by atoms with van der Waals surface area (Å²) in [5.74, 6) is 0.999. The maximum absolute atomic E-state index is 6.34. The van der Waals surface area contributed by atoms with Gasteiger partial charge in [0.15, 0.2) is 0 Å². The molecule has 0 atom stereocenters. The number of nitrogens with two attached hydrogens (primary N) is 2. The highest BCUT2D eigenvalue weighted by Gasteiger charge is 2.19. The van der Waals surface area contributed by atoms with E-state index in [2.05, 4.69) is 14.8 Å². The second kappa shape index (κ2) is 10.2. The van der Waals surface area contributed by atoms with E-state index < -0.39 is 0 Å². The number of nitrogens with zero attached hydrogens (tertiary/aromatic N) is 3. The van der Waals surface area contributed by atoms with Gasteiger partial charge in [0.2, 0.25) is 5.88 Å². The Morgan fingerprint density at radius 1 is 1.04 bits per heavy atom. The van der Waals surface area contributed by atoms with Crippen LogP contribution < -0.4 is 21.1 Å². The van der Waals surface area contributed by atoms with Gasteiger partial charge in [0.1, 0.15) is 5.82 Å². The van der Waals surface area contributed by atoms with Crippen molar-refractivity contribution in [3.63, 3.8) is 0 Å². The average molecular weight is 424 g/mol. The van der Waals surface area contributed by atoms with Crippen molar-refractivity contribution < 1.29 is 4.74 Å². The largest absolute Gasteiger partial charge is 0.478 e. The van der Waals surface area contributed by atoms with E-state index in [1.54, 1.807) is 0 Å². The number of nitrogen functional groups attached to an aromatic ring is 1. The first-order chi connectivity index (χ1) is 13.6. The van der Waals surface area contributed by atoms with Gasteiger partial charge in [-0.05, 0) is 37.6 Å². The minimum absolute atomic E-state index is 0.385. The third kappa shape index (κ3) is 5.41. The van der Waals surface area contributed by atoms with Gasteiger partial charge < -0.3 is 21.1 Å². The van der Waals surface area contributed by atoms with Crippen LogP contribution in [0.5, 0.6) is 5.88 Å². The highest BCUT2D eigenvalue weighted by atomic mass is 35.5. The molecule has 6 nitrogen and oxygen atoms in total. The van der Waals surface area contributed by atoms with E-state index in [4.69, 9.17) is 39.4 Å². The Morgan fingerprint density at radius 2 is 1.82 bits per heavy atom. The molecule has 28 heavy (non-hydrogen) atoms. The van der Waals surface area contributed by atoms with Crippen LogP contribution in [0.1, 0.15) is 18.4 Å². The maximum Gasteiger partial charge on any atom is 0.215 e. The molecule has 0 aliphatic carbocycles. The van der Waals surface area contributed by atoms with Crippen molar-refractivity contribution in [2.24, 2.45) is 5.73 Å². The molecule has 1 aliphatic heterocycles. The number of hydrogen-bond donors (Lipinski definition) is 2. The van der Waals surface area contributed by atoms with E-state index in [-0.39, 0.29) is 0 Å². The highest BCUT2D eigenvalue weighted by Crippen LogP contribution is 2.32. The molecule has 0 spiro atoms. The number of aromatic nitrogens is 1. The van der Waals surface area contributed by atoms with Crippen LogP contribution in [0, 0.1) is 0 Å². The summed E-state index contributed by atoms with van der Waals surface area (Å²) in [4.78, 5) is 9.00. The lowest BCUT2D eigenvalue weighted by Crippen LogP contribution is -2.46. The number of rotatable bonds is 8. The van der Waals surface area contributed by atoms with Crippen LogP contribution in [-0.2, 0) is 6.54 Å². The molecule has 152 valence electrons. The van der Waals surface area contributed by atoms with E-state index in [0.29, 0.717) is 34.9 Å². The predicted molar refractivity (Wildman–Crippen MR) is 116 cm³/mol. The van der Waals surface area contributed by atoms with Gasteiger partial charge in [0.25, 0.3) is 0 Å². The first kappa shape index (κ1) is 21.0. The van der Waals surface area contributed by atoms with Crippen molar-refractivity contribution in [2.75, 3.05) is 50.0 Å². The van der Waals surface area contributed by atoms with E-state index in [1.807, 2.05) is 30.3 Å². The average Bonchev–Trinajstić information content (AvgIpc) is 2.70. The summed E-state index contributed by atoms with van der Waals surface area (Å²) in [6.07, 6.45) is 2.05. The Hall–Kier alpha value is -1.73. The topological polar surface area (TPSA) is 80.6 Å². The van der Waals surface area contributed by atoms with Crippen LogP contribution in [0.25, 0.3) is 0 Å². The molecule has 1 aromatic heterocycles. The van der Waals surface area contributed by atoms with Crippen molar-refractivity contribution >= 4 is 34.7 Å². The summed E-state index contributed by atoms with van der Waals surface area (Å²) in [7, 11) is 0. The molecule has 0 bridgehead atoms. The standard InChI is InChI=1S/C20H27Cl2N5O/c21-16-4-3-5-17(19(16)22)27-11-9-26(10-12-27)8-1-2-13-28-18-7-6-15(14-23)20(24)25-18/h3-7H,1-2,8-14,23H2,(H2,24,25). The van der Waals surface area contributed by atoms with Crippen molar-refractivity contribution in [1.82, 2.24) is 9.88 Å². The third-order valence-corrected chi connectivity index (χ3v) is 5.78. The van der Waals surface area contributed by atoms with E-state index in [1.165, 1.54) is 0 Å². The molecule has 1 fully saturated rings. The van der Waals surface area contributed by atoms with Gasteiger partial charge >= 0.3 is 0 Å². The molecule has 2 aromatic rings. The fourth-order valence-corrected chi connectivity index (χ4v) is 3.72. The van der Waals surface area contributed by atoms with Gasteiger partial charge in [-0.25, -0.2) is 0 Å². The Kier molecular flexibility index (Phi) is 7.62. The van der Waals surface area contributed by atoms with Crippen LogP contribution in [0.4, 0.5) is 11.5 Å². The molecule has 8 heteroatoms. The Bertz CT molecular complexity index is 781. The van der Waals surface area contributed by atoms with Crippen LogP contribution >= 0.6 is 23.2 Å². The van der Waals surface area contributed by atoms with E-state index >= 15 is 0 Å². The first-order valence-electron chi connectivity index (χ1n) is 9.58. The lowest BCUT2D eigenvalue weighted by atomic mass is 10.2. The van der Waals surface area contributed by atoms with Gasteiger partial charge in [0, 0.05) is 44.4 Å². The van der Waals surface area contributed by atoms with Gasteiger partial charge in [-0.15, -0.1) is 0 Å². The number of unbranched alkanes of at least 4 members (excludes halogenated alkanes) is 1. The number of halogens is 2. The van der Waals surface area contributed by atoms with Crippen LogP contribution in [-0.4, -0.2) is 49.2 Å². The molecule has 3 rings (SSSR count).